The Kier molecular flexibility index (Phi) is 2.38. The lowest BCUT2D eigenvalue weighted by atomic mass is 10.0. The molecule has 0 aliphatic carbocycles. The van der Waals surface area contributed by atoms with E-state index < -0.39 is 0 Å². The molecular weight excluding hydrogens is 202 g/mol. The van der Waals surface area contributed by atoms with E-state index in [4.69, 9.17) is 0 Å². The van der Waals surface area contributed by atoms with Crippen molar-refractivity contribution in [2.24, 2.45) is 0 Å². The van der Waals surface area contributed by atoms with Crippen LogP contribution in [0.5, 0.6) is 0 Å². The van der Waals surface area contributed by atoms with E-state index >= 15 is 0 Å². The highest BCUT2D eigenvalue weighted by molar-refractivity contribution is 5.99. The van der Waals surface area contributed by atoms with E-state index in [0.717, 1.165) is 30.9 Å². The van der Waals surface area contributed by atoms with Gasteiger partial charge in [0.25, 0.3) is 0 Å². The third kappa shape index (κ3) is 1.70. The zero-order valence-corrected chi connectivity index (χ0v) is 9.05. The van der Waals surface area contributed by atoms with Crippen LogP contribution in [0.2, 0.25) is 0 Å². The fourth-order valence-electron chi connectivity index (χ4n) is 2.36. The molecule has 0 bridgehead atoms. The minimum atomic E-state index is 0.0990. The Morgan fingerprint density at radius 3 is 3.00 bits per heavy atom. The summed E-state index contributed by atoms with van der Waals surface area (Å²) in [7, 11) is 0. The van der Waals surface area contributed by atoms with Gasteiger partial charge in [0.05, 0.1) is 6.42 Å². The van der Waals surface area contributed by atoms with Gasteiger partial charge in [-0.25, -0.2) is 0 Å². The number of rotatable bonds is 1. The summed E-state index contributed by atoms with van der Waals surface area (Å²) in [6.07, 6.45) is 0.517. The number of carbonyl (C=O) groups is 1. The maximum absolute atomic E-state index is 11.2. The summed E-state index contributed by atoms with van der Waals surface area (Å²) in [5.74, 6) is 0.0990. The first-order valence-electron chi connectivity index (χ1n) is 5.70. The molecule has 84 valence electrons. The Morgan fingerprint density at radius 1 is 1.25 bits per heavy atom. The van der Waals surface area contributed by atoms with Crippen molar-refractivity contribution in [1.82, 2.24) is 10.6 Å². The van der Waals surface area contributed by atoms with E-state index in [1.54, 1.807) is 0 Å². The van der Waals surface area contributed by atoms with Crippen LogP contribution < -0.4 is 16.0 Å². The fourth-order valence-corrected chi connectivity index (χ4v) is 2.36. The highest BCUT2D eigenvalue weighted by Gasteiger charge is 2.20. The molecule has 1 unspecified atom stereocenters. The minimum Gasteiger partial charge on any atom is -0.326 e. The van der Waals surface area contributed by atoms with Crippen LogP contribution in [-0.2, 0) is 11.2 Å². The van der Waals surface area contributed by atoms with E-state index in [-0.39, 0.29) is 5.91 Å². The first-order chi connectivity index (χ1) is 7.83. The van der Waals surface area contributed by atoms with Crippen molar-refractivity contribution in [3.05, 3.63) is 29.3 Å². The van der Waals surface area contributed by atoms with E-state index in [2.05, 4.69) is 28.1 Å². The number of piperazine rings is 1. The molecule has 3 rings (SSSR count). The van der Waals surface area contributed by atoms with Crippen LogP contribution >= 0.6 is 0 Å². The molecule has 1 aromatic carbocycles. The number of nitrogens with one attached hydrogen (secondary N) is 3. The van der Waals surface area contributed by atoms with Crippen molar-refractivity contribution < 1.29 is 4.79 Å². The number of carbonyl (C=O) groups excluding carboxylic acids is 1. The minimum absolute atomic E-state index is 0.0990. The average molecular weight is 217 g/mol. The van der Waals surface area contributed by atoms with Crippen LogP contribution in [0, 0.1) is 0 Å². The third-order valence-corrected chi connectivity index (χ3v) is 3.20. The fraction of sp³-hybridized carbons (Fsp3) is 0.417. The number of fused-ring (bicyclic) bond motifs is 1. The molecule has 1 aromatic rings. The predicted molar refractivity (Wildman–Crippen MR) is 62.4 cm³/mol. The largest absolute Gasteiger partial charge is 0.326 e. The van der Waals surface area contributed by atoms with Crippen molar-refractivity contribution in [3.8, 4) is 0 Å². The van der Waals surface area contributed by atoms with E-state index in [1.165, 1.54) is 5.56 Å². The average Bonchev–Trinajstić information content (AvgIpc) is 2.69. The zero-order valence-electron chi connectivity index (χ0n) is 9.05. The monoisotopic (exact) mass is 217 g/mol. The van der Waals surface area contributed by atoms with Gasteiger partial charge in [0.15, 0.2) is 0 Å². The van der Waals surface area contributed by atoms with E-state index in [9.17, 15) is 4.79 Å². The first-order valence-corrected chi connectivity index (χ1v) is 5.70. The summed E-state index contributed by atoms with van der Waals surface area (Å²) in [5.41, 5.74) is 3.36. The van der Waals surface area contributed by atoms with Gasteiger partial charge in [-0.2, -0.15) is 0 Å². The lowest BCUT2D eigenvalue weighted by molar-refractivity contribution is -0.115. The normalized spacial score (nSPS) is 24.0. The van der Waals surface area contributed by atoms with Crippen LogP contribution in [0.25, 0.3) is 0 Å². The second kappa shape index (κ2) is 3.88. The van der Waals surface area contributed by atoms with Crippen molar-refractivity contribution in [1.29, 1.82) is 0 Å². The Bertz CT molecular complexity index is 424. The van der Waals surface area contributed by atoms with Gasteiger partial charge in [-0.3, -0.25) is 4.79 Å². The van der Waals surface area contributed by atoms with Gasteiger partial charge < -0.3 is 16.0 Å². The molecule has 1 atom stereocenters. The van der Waals surface area contributed by atoms with E-state index in [0.29, 0.717) is 12.5 Å². The maximum Gasteiger partial charge on any atom is 0.228 e. The molecule has 4 nitrogen and oxygen atoms in total. The molecule has 1 fully saturated rings. The number of amides is 1. The summed E-state index contributed by atoms with van der Waals surface area (Å²) in [4.78, 5) is 11.2. The van der Waals surface area contributed by atoms with Gasteiger partial charge in [0, 0.05) is 31.4 Å². The molecular formula is C12H15N3O. The van der Waals surface area contributed by atoms with Crippen molar-refractivity contribution in [2.75, 3.05) is 25.0 Å². The molecule has 2 aliphatic heterocycles. The Labute approximate surface area is 94.4 Å². The highest BCUT2D eigenvalue weighted by Crippen LogP contribution is 2.26. The standard InChI is InChI=1S/C12H15N3O/c16-12-6-9-5-8(1-2-10(9)15-12)11-7-13-3-4-14-11/h1-2,5,11,13-14H,3-4,6-7H2,(H,15,16). The second-order valence-electron chi connectivity index (χ2n) is 4.35. The number of hydrogen-bond acceptors (Lipinski definition) is 3. The number of benzene rings is 1. The molecule has 0 spiro atoms. The van der Waals surface area contributed by atoms with Crippen molar-refractivity contribution >= 4 is 11.6 Å². The summed E-state index contributed by atoms with van der Waals surface area (Å²) in [5, 5.41) is 9.69. The predicted octanol–water partition coefficient (Wildman–Crippen LogP) is 0.415. The van der Waals surface area contributed by atoms with Gasteiger partial charge in [-0.1, -0.05) is 12.1 Å². The topological polar surface area (TPSA) is 53.2 Å². The van der Waals surface area contributed by atoms with Gasteiger partial charge >= 0.3 is 0 Å². The van der Waals surface area contributed by atoms with Crippen LogP contribution in [0.15, 0.2) is 18.2 Å². The molecule has 1 saturated heterocycles. The molecule has 0 aromatic heterocycles. The Hall–Kier alpha value is -1.39. The maximum atomic E-state index is 11.2. The van der Waals surface area contributed by atoms with Gasteiger partial charge in [-0.05, 0) is 17.2 Å². The summed E-state index contributed by atoms with van der Waals surface area (Å²) in [6.45, 7) is 2.99. The van der Waals surface area contributed by atoms with Crippen LogP contribution in [0.1, 0.15) is 17.2 Å². The van der Waals surface area contributed by atoms with Crippen LogP contribution in [-0.4, -0.2) is 25.5 Å². The second-order valence-corrected chi connectivity index (χ2v) is 4.35. The summed E-state index contributed by atoms with van der Waals surface area (Å²) < 4.78 is 0. The number of anilines is 1. The highest BCUT2D eigenvalue weighted by atomic mass is 16.1. The van der Waals surface area contributed by atoms with Crippen LogP contribution in [0.4, 0.5) is 5.69 Å². The molecule has 3 N–H and O–H groups in total. The molecule has 4 heteroatoms. The smallest absolute Gasteiger partial charge is 0.228 e. The molecule has 1 amide bonds. The number of hydrogen-bond donors (Lipinski definition) is 3. The Balaban J connectivity index is 1.86. The first kappa shape index (κ1) is 9.81. The van der Waals surface area contributed by atoms with Crippen LogP contribution in [0.3, 0.4) is 0 Å². The molecule has 0 saturated carbocycles. The lowest BCUT2D eigenvalue weighted by Crippen LogP contribution is -2.42. The third-order valence-electron chi connectivity index (χ3n) is 3.20. The lowest BCUT2D eigenvalue weighted by Gasteiger charge is -2.25. The van der Waals surface area contributed by atoms with Gasteiger partial charge in [0.2, 0.25) is 5.91 Å². The molecule has 0 radical (unpaired) electrons. The van der Waals surface area contributed by atoms with Crippen molar-refractivity contribution in [2.45, 2.75) is 12.5 Å². The van der Waals surface area contributed by atoms with Gasteiger partial charge in [0.1, 0.15) is 0 Å². The molecule has 2 heterocycles. The van der Waals surface area contributed by atoms with Gasteiger partial charge in [-0.15, -0.1) is 0 Å². The summed E-state index contributed by atoms with van der Waals surface area (Å²) in [6, 6.07) is 6.61. The molecule has 16 heavy (non-hydrogen) atoms. The van der Waals surface area contributed by atoms with Crippen molar-refractivity contribution in [3.63, 3.8) is 0 Å². The Morgan fingerprint density at radius 2 is 2.19 bits per heavy atom. The SMILES string of the molecule is O=C1Cc2cc(C3CNCCN3)ccc2N1. The summed E-state index contributed by atoms with van der Waals surface area (Å²) >= 11 is 0. The quantitative estimate of drug-likeness (QED) is 0.639. The zero-order chi connectivity index (χ0) is 11.0. The van der Waals surface area contributed by atoms with E-state index in [1.807, 2.05) is 6.07 Å². The molecule has 2 aliphatic rings.